The van der Waals surface area contributed by atoms with Crippen molar-refractivity contribution in [2.45, 2.75) is 24.4 Å². The number of benzene rings is 2. The van der Waals surface area contributed by atoms with Crippen LogP contribution >= 0.6 is 0 Å². The molecule has 24 heavy (non-hydrogen) atoms. The first kappa shape index (κ1) is 15.2. The molecular weight excluding hydrogens is 310 g/mol. The third kappa shape index (κ3) is 2.57. The Bertz CT molecular complexity index is 866. The molecule has 2 aromatic carbocycles. The van der Waals surface area contributed by atoms with Crippen LogP contribution in [0.2, 0.25) is 0 Å². The summed E-state index contributed by atoms with van der Waals surface area (Å²) in [5.74, 6) is 0.795. The highest BCUT2D eigenvalue weighted by atomic mass is 16.5. The first-order valence-corrected chi connectivity index (χ1v) is 7.71. The summed E-state index contributed by atoms with van der Waals surface area (Å²) >= 11 is 0. The first-order valence-electron chi connectivity index (χ1n) is 7.71. The Morgan fingerprint density at radius 1 is 1.00 bits per heavy atom. The summed E-state index contributed by atoms with van der Waals surface area (Å²) in [7, 11) is 0. The van der Waals surface area contributed by atoms with E-state index in [2.05, 4.69) is 15.2 Å². The third-order valence-electron chi connectivity index (χ3n) is 4.28. The average molecular weight is 327 g/mol. The minimum atomic E-state index is -1.28. The van der Waals surface area contributed by atoms with E-state index in [0.29, 0.717) is 11.6 Å². The van der Waals surface area contributed by atoms with Crippen LogP contribution in [-0.2, 0) is 4.74 Å². The zero-order chi connectivity index (χ0) is 16.7. The molecule has 0 unspecified atom stereocenters. The van der Waals surface area contributed by atoms with Gasteiger partial charge in [0, 0.05) is 5.56 Å². The zero-order valence-electron chi connectivity index (χ0n) is 12.7. The number of fused-ring (bicyclic) bond motifs is 1. The number of aromatic nitrogens is 3. The molecule has 0 amide bonds. The molecule has 4 N–H and O–H groups in total. The number of rotatable bonds is 2. The van der Waals surface area contributed by atoms with E-state index in [9.17, 15) is 15.3 Å². The molecule has 1 aliphatic heterocycles. The van der Waals surface area contributed by atoms with Crippen molar-refractivity contribution in [3.05, 3.63) is 48.3 Å². The Hall–Kier alpha value is -2.32. The maximum atomic E-state index is 10.1. The van der Waals surface area contributed by atoms with Gasteiger partial charge in [-0.3, -0.25) is 5.10 Å². The van der Waals surface area contributed by atoms with Gasteiger partial charge in [-0.25, -0.2) is 4.98 Å². The predicted octanol–water partition coefficient (Wildman–Crippen LogP) is 0.779. The molecule has 1 aromatic heterocycles. The SMILES string of the molecule is O[C@@H]1[C@@H](O)[C@H](c2nc(-c3ccc4ccccc4c3)n[nH]2)OC[C@H]1O. The first-order chi connectivity index (χ1) is 11.6. The number of aliphatic hydroxyl groups excluding tert-OH is 3. The highest BCUT2D eigenvalue weighted by Crippen LogP contribution is 2.28. The quantitative estimate of drug-likeness (QED) is 0.553. The summed E-state index contributed by atoms with van der Waals surface area (Å²) in [6.07, 6.45) is -4.52. The number of nitrogens with zero attached hydrogens (tertiary/aromatic N) is 2. The molecule has 1 fully saturated rings. The number of aromatic amines is 1. The molecule has 7 nitrogen and oxygen atoms in total. The second kappa shape index (κ2) is 5.95. The fraction of sp³-hybridized carbons (Fsp3) is 0.294. The van der Waals surface area contributed by atoms with Crippen LogP contribution in [0.25, 0.3) is 22.2 Å². The summed E-state index contributed by atoms with van der Waals surface area (Å²) in [6, 6.07) is 13.9. The Balaban J connectivity index is 1.64. The van der Waals surface area contributed by atoms with Gasteiger partial charge in [-0.15, -0.1) is 0 Å². The van der Waals surface area contributed by atoms with E-state index in [1.807, 2.05) is 42.5 Å². The molecule has 1 saturated heterocycles. The lowest BCUT2D eigenvalue weighted by Crippen LogP contribution is -2.49. The third-order valence-corrected chi connectivity index (χ3v) is 4.28. The lowest BCUT2D eigenvalue weighted by Gasteiger charge is -2.33. The molecular formula is C17H17N3O4. The molecule has 0 aliphatic carbocycles. The molecule has 0 radical (unpaired) electrons. The minimum absolute atomic E-state index is 0.0745. The highest BCUT2D eigenvalue weighted by molar-refractivity contribution is 5.86. The summed E-state index contributed by atoms with van der Waals surface area (Å²) in [4.78, 5) is 4.38. The Morgan fingerprint density at radius 3 is 2.62 bits per heavy atom. The van der Waals surface area contributed by atoms with Crippen molar-refractivity contribution in [2.75, 3.05) is 6.61 Å². The van der Waals surface area contributed by atoms with Crippen LogP contribution < -0.4 is 0 Å². The van der Waals surface area contributed by atoms with Crippen LogP contribution in [0.5, 0.6) is 0 Å². The van der Waals surface area contributed by atoms with Crippen molar-refractivity contribution in [3.63, 3.8) is 0 Å². The molecule has 7 heteroatoms. The number of aliphatic hydroxyl groups is 3. The zero-order valence-corrected chi connectivity index (χ0v) is 12.7. The average Bonchev–Trinajstić information content (AvgIpc) is 3.09. The molecule has 2 heterocycles. The van der Waals surface area contributed by atoms with Crippen molar-refractivity contribution in [1.82, 2.24) is 15.2 Å². The minimum Gasteiger partial charge on any atom is -0.388 e. The number of ether oxygens (including phenoxy) is 1. The van der Waals surface area contributed by atoms with Crippen molar-refractivity contribution < 1.29 is 20.1 Å². The molecule has 124 valence electrons. The van der Waals surface area contributed by atoms with Crippen LogP contribution in [0.1, 0.15) is 11.9 Å². The van der Waals surface area contributed by atoms with Gasteiger partial charge in [0.2, 0.25) is 0 Å². The number of nitrogens with one attached hydrogen (secondary N) is 1. The Morgan fingerprint density at radius 2 is 1.79 bits per heavy atom. The van der Waals surface area contributed by atoms with E-state index < -0.39 is 24.4 Å². The van der Waals surface area contributed by atoms with Gasteiger partial charge in [-0.05, 0) is 16.8 Å². The standard InChI is InChI=1S/C17H17N3O4/c21-12-8-24-15(14(23)13(12)22)17-18-16(19-20-17)11-6-5-9-3-1-2-4-10(9)7-11/h1-7,12-15,21-23H,8H2,(H,18,19,20)/t12-,13+,14-,15-/m1/s1. The summed E-state index contributed by atoms with van der Waals surface area (Å²) in [5, 5.41) is 38.5. The van der Waals surface area contributed by atoms with Crippen LogP contribution in [0.15, 0.2) is 42.5 Å². The van der Waals surface area contributed by atoms with Crippen LogP contribution in [0.4, 0.5) is 0 Å². The molecule has 4 atom stereocenters. The van der Waals surface area contributed by atoms with Crippen molar-refractivity contribution in [3.8, 4) is 11.4 Å². The maximum Gasteiger partial charge on any atom is 0.181 e. The largest absolute Gasteiger partial charge is 0.388 e. The lowest BCUT2D eigenvalue weighted by molar-refractivity contribution is -0.191. The van der Waals surface area contributed by atoms with Crippen molar-refractivity contribution in [1.29, 1.82) is 0 Å². The van der Waals surface area contributed by atoms with Gasteiger partial charge < -0.3 is 20.1 Å². The molecule has 3 aromatic rings. The van der Waals surface area contributed by atoms with Crippen LogP contribution in [0.3, 0.4) is 0 Å². The highest BCUT2D eigenvalue weighted by Gasteiger charge is 2.40. The topological polar surface area (TPSA) is 111 Å². The van der Waals surface area contributed by atoms with E-state index in [1.54, 1.807) is 0 Å². The maximum absolute atomic E-state index is 10.1. The normalized spacial score (nSPS) is 27.5. The molecule has 0 saturated carbocycles. The summed E-state index contributed by atoms with van der Waals surface area (Å²) in [5.41, 5.74) is 0.835. The van der Waals surface area contributed by atoms with Gasteiger partial charge in [0.15, 0.2) is 11.6 Å². The van der Waals surface area contributed by atoms with E-state index in [-0.39, 0.29) is 6.61 Å². The van der Waals surface area contributed by atoms with E-state index in [1.165, 1.54) is 0 Å². The van der Waals surface area contributed by atoms with Crippen molar-refractivity contribution in [2.24, 2.45) is 0 Å². The van der Waals surface area contributed by atoms with E-state index >= 15 is 0 Å². The number of hydrogen-bond donors (Lipinski definition) is 4. The second-order valence-corrected chi connectivity index (χ2v) is 5.91. The Labute approximate surface area is 137 Å². The van der Waals surface area contributed by atoms with Gasteiger partial charge >= 0.3 is 0 Å². The van der Waals surface area contributed by atoms with Crippen LogP contribution in [0, 0.1) is 0 Å². The van der Waals surface area contributed by atoms with Crippen LogP contribution in [-0.4, -0.2) is 55.4 Å². The molecule has 1 aliphatic rings. The van der Waals surface area contributed by atoms with Gasteiger partial charge in [0.1, 0.15) is 24.4 Å². The van der Waals surface area contributed by atoms with E-state index in [4.69, 9.17) is 4.74 Å². The Kier molecular flexibility index (Phi) is 3.78. The van der Waals surface area contributed by atoms with Gasteiger partial charge in [-0.2, -0.15) is 5.10 Å². The molecule has 0 spiro atoms. The monoisotopic (exact) mass is 327 g/mol. The number of hydrogen-bond acceptors (Lipinski definition) is 6. The fourth-order valence-electron chi connectivity index (χ4n) is 2.91. The second-order valence-electron chi connectivity index (χ2n) is 5.91. The fourth-order valence-corrected chi connectivity index (χ4v) is 2.91. The van der Waals surface area contributed by atoms with Crippen molar-refractivity contribution >= 4 is 10.8 Å². The smallest absolute Gasteiger partial charge is 0.181 e. The predicted molar refractivity (Wildman–Crippen MR) is 86.0 cm³/mol. The van der Waals surface area contributed by atoms with Gasteiger partial charge in [0.25, 0.3) is 0 Å². The van der Waals surface area contributed by atoms with Gasteiger partial charge in [-0.1, -0.05) is 36.4 Å². The van der Waals surface area contributed by atoms with E-state index in [0.717, 1.165) is 16.3 Å². The molecule has 0 bridgehead atoms. The van der Waals surface area contributed by atoms with Gasteiger partial charge in [0.05, 0.1) is 6.61 Å². The lowest BCUT2D eigenvalue weighted by atomic mass is 10.00. The summed E-state index contributed by atoms with van der Waals surface area (Å²) < 4.78 is 5.38. The number of H-pyrrole nitrogens is 1. The molecule has 4 rings (SSSR count). The summed E-state index contributed by atoms with van der Waals surface area (Å²) in [6.45, 7) is -0.0745.